The fraction of sp³-hybridized carbons (Fsp3) is 0.154. The van der Waals surface area contributed by atoms with E-state index < -0.39 is 0 Å². The first-order valence-corrected chi connectivity index (χ1v) is 5.96. The second kappa shape index (κ2) is 5.60. The molecule has 5 heteroatoms. The quantitative estimate of drug-likeness (QED) is 0.793. The molecule has 2 aromatic rings. The van der Waals surface area contributed by atoms with Crippen molar-refractivity contribution in [2.75, 3.05) is 10.6 Å². The van der Waals surface area contributed by atoms with Crippen molar-refractivity contribution < 1.29 is 4.79 Å². The predicted molar refractivity (Wildman–Crippen MR) is 73.9 cm³/mol. The van der Waals surface area contributed by atoms with Gasteiger partial charge in [-0.05, 0) is 30.3 Å². The molecule has 2 rings (SSSR count). The zero-order chi connectivity index (χ0) is 13.0. The van der Waals surface area contributed by atoms with Crippen molar-refractivity contribution in [3.05, 3.63) is 47.2 Å². The van der Waals surface area contributed by atoms with E-state index in [0.29, 0.717) is 17.3 Å². The standard InChI is InChI=1S/C13H14ClN3O/c1-9(18)17-13-5-4-10(7-12(13)14)16-8-11-3-2-6-15-11/h2-7,15-16H,8H2,1H3,(H,17,18). The summed E-state index contributed by atoms with van der Waals surface area (Å²) in [6.45, 7) is 2.15. The van der Waals surface area contributed by atoms with Crippen molar-refractivity contribution in [2.45, 2.75) is 13.5 Å². The second-order valence-electron chi connectivity index (χ2n) is 3.92. The third kappa shape index (κ3) is 3.28. The molecule has 0 aliphatic carbocycles. The largest absolute Gasteiger partial charge is 0.379 e. The Labute approximate surface area is 110 Å². The van der Waals surface area contributed by atoms with Gasteiger partial charge in [-0.25, -0.2) is 0 Å². The molecule has 0 bridgehead atoms. The third-order valence-corrected chi connectivity index (χ3v) is 2.74. The number of amides is 1. The Morgan fingerprint density at radius 2 is 2.22 bits per heavy atom. The fourth-order valence-corrected chi connectivity index (χ4v) is 1.82. The highest BCUT2D eigenvalue weighted by Gasteiger charge is 2.03. The molecule has 0 atom stereocenters. The van der Waals surface area contributed by atoms with Crippen LogP contribution in [0.1, 0.15) is 12.6 Å². The van der Waals surface area contributed by atoms with Crippen molar-refractivity contribution >= 4 is 28.9 Å². The number of carbonyl (C=O) groups is 1. The third-order valence-electron chi connectivity index (χ3n) is 2.43. The van der Waals surface area contributed by atoms with E-state index in [-0.39, 0.29) is 5.91 Å². The average molecular weight is 264 g/mol. The normalized spacial score (nSPS) is 10.1. The smallest absolute Gasteiger partial charge is 0.221 e. The topological polar surface area (TPSA) is 56.9 Å². The number of carbonyl (C=O) groups excluding carboxylic acids is 1. The van der Waals surface area contributed by atoms with Crippen molar-refractivity contribution in [1.82, 2.24) is 4.98 Å². The summed E-state index contributed by atoms with van der Waals surface area (Å²) in [4.78, 5) is 14.0. The molecule has 18 heavy (non-hydrogen) atoms. The number of H-pyrrole nitrogens is 1. The number of aromatic nitrogens is 1. The van der Waals surface area contributed by atoms with Crippen LogP contribution in [0, 0.1) is 0 Å². The van der Waals surface area contributed by atoms with Gasteiger partial charge in [-0.15, -0.1) is 0 Å². The van der Waals surface area contributed by atoms with Crippen LogP contribution in [0.4, 0.5) is 11.4 Å². The molecule has 4 nitrogen and oxygen atoms in total. The molecule has 0 aliphatic heterocycles. The van der Waals surface area contributed by atoms with Gasteiger partial charge in [0.15, 0.2) is 0 Å². The highest BCUT2D eigenvalue weighted by molar-refractivity contribution is 6.34. The van der Waals surface area contributed by atoms with E-state index in [1.165, 1.54) is 6.92 Å². The van der Waals surface area contributed by atoms with E-state index in [2.05, 4.69) is 15.6 Å². The number of halogens is 1. The van der Waals surface area contributed by atoms with E-state index in [4.69, 9.17) is 11.6 Å². The van der Waals surface area contributed by atoms with Crippen LogP contribution in [-0.2, 0) is 11.3 Å². The molecule has 1 aromatic heterocycles. The van der Waals surface area contributed by atoms with E-state index in [1.54, 1.807) is 12.1 Å². The number of hydrogen-bond acceptors (Lipinski definition) is 2. The lowest BCUT2D eigenvalue weighted by Crippen LogP contribution is -2.06. The van der Waals surface area contributed by atoms with E-state index >= 15 is 0 Å². The van der Waals surface area contributed by atoms with E-state index in [1.807, 2.05) is 24.4 Å². The van der Waals surface area contributed by atoms with Crippen LogP contribution in [0.25, 0.3) is 0 Å². The van der Waals surface area contributed by atoms with Gasteiger partial charge in [0.25, 0.3) is 0 Å². The maximum atomic E-state index is 10.9. The summed E-state index contributed by atoms with van der Waals surface area (Å²) in [5, 5.41) is 6.42. The lowest BCUT2D eigenvalue weighted by atomic mass is 10.2. The first-order valence-electron chi connectivity index (χ1n) is 5.58. The molecule has 3 N–H and O–H groups in total. The summed E-state index contributed by atoms with van der Waals surface area (Å²) in [5.74, 6) is -0.135. The number of nitrogens with one attached hydrogen (secondary N) is 3. The fourth-order valence-electron chi connectivity index (χ4n) is 1.59. The highest BCUT2D eigenvalue weighted by atomic mass is 35.5. The van der Waals surface area contributed by atoms with Gasteiger partial charge < -0.3 is 15.6 Å². The zero-order valence-electron chi connectivity index (χ0n) is 9.96. The molecule has 1 aromatic carbocycles. The average Bonchev–Trinajstić information content (AvgIpc) is 2.82. The summed E-state index contributed by atoms with van der Waals surface area (Å²) >= 11 is 6.07. The van der Waals surface area contributed by atoms with Gasteiger partial charge in [-0.3, -0.25) is 4.79 Å². The van der Waals surface area contributed by atoms with Crippen molar-refractivity contribution in [3.63, 3.8) is 0 Å². The molecule has 0 fully saturated rings. The SMILES string of the molecule is CC(=O)Nc1ccc(NCc2ccc[nH]2)cc1Cl. The first-order chi connectivity index (χ1) is 8.65. The molecule has 0 saturated heterocycles. The van der Waals surface area contributed by atoms with E-state index in [9.17, 15) is 4.79 Å². The number of aromatic amines is 1. The summed E-state index contributed by atoms with van der Waals surface area (Å²) in [6.07, 6.45) is 1.88. The first kappa shape index (κ1) is 12.5. The minimum Gasteiger partial charge on any atom is -0.379 e. The van der Waals surface area contributed by atoms with Crippen LogP contribution in [0.5, 0.6) is 0 Å². The lowest BCUT2D eigenvalue weighted by Gasteiger charge is -2.09. The Morgan fingerprint density at radius 1 is 1.39 bits per heavy atom. The van der Waals surface area contributed by atoms with Gasteiger partial charge in [0, 0.05) is 24.5 Å². The molecule has 0 aliphatic rings. The summed E-state index contributed by atoms with van der Waals surface area (Å²) in [6, 6.07) is 9.39. The molecule has 1 heterocycles. The molecule has 0 unspecified atom stereocenters. The lowest BCUT2D eigenvalue weighted by molar-refractivity contribution is -0.114. The zero-order valence-corrected chi connectivity index (χ0v) is 10.7. The molecule has 0 spiro atoms. The molecule has 94 valence electrons. The molecule has 0 radical (unpaired) electrons. The van der Waals surface area contributed by atoms with Gasteiger partial charge in [-0.2, -0.15) is 0 Å². The van der Waals surface area contributed by atoms with Gasteiger partial charge in [0.05, 0.1) is 17.3 Å². The summed E-state index contributed by atoms with van der Waals surface area (Å²) < 4.78 is 0. The van der Waals surface area contributed by atoms with E-state index in [0.717, 1.165) is 11.4 Å². The Bertz CT molecular complexity index is 537. The minimum atomic E-state index is -0.135. The molecular weight excluding hydrogens is 250 g/mol. The van der Waals surface area contributed by atoms with Crippen LogP contribution < -0.4 is 10.6 Å². The Kier molecular flexibility index (Phi) is 3.89. The molecule has 0 saturated carbocycles. The van der Waals surface area contributed by atoms with Gasteiger partial charge in [-0.1, -0.05) is 11.6 Å². The maximum Gasteiger partial charge on any atom is 0.221 e. The number of rotatable bonds is 4. The van der Waals surface area contributed by atoms with Crippen LogP contribution in [0.15, 0.2) is 36.5 Å². The second-order valence-corrected chi connectivity index (χ2v) is 4.33. The Morgan fingerprint density at radius 3 is 2.83 bits per heavy atom. The van der Waals surface area contributed by atoms with Gasteiger partial charge in [0.2, 0.25) is 5.91 Å². The van der Waals surface area contributed by atoms with Crippen molar-refractivity contribution in [3.8, 4) is 0 Å². The monoisotopic (exact) mass is 263 g/mol. The molecular formula is C13H14ClN3O. The van der Waals surface area contributed by atoms with Crippen LogP contribution in [0.3, 0.4) is 0 Å². The minimum absolute atomic E-state index is 0.135. The summed E-state index contributed by atoms with van der Waals surface area (Å²) in [7, 11) is 0. The highest BCUT2D eigenvalue weighted by Crippen LogP contribution is 2.25. The number of hydrogen-bond donors (Lipinski definition) is 3. The Hall–Kier alpha value is -1.94. The Balaban J connectivity index is 2.02. The predicted octanol–water partition coefficient (Wildman–Crippen LogP) is 3.24. The maximum absolute atomic E-state index is 10.9. The number of anilines is 2. The van der Waals surface area contributed by atoms with Crippen molar-refractivity contribution in [2.24, 2.45) is 0 Å². The van der Waals surface area contributed by atoms with Crippen LogP contribution in [-0.4, -0.2) is 10.9 Å². The van der Waals surface area contributed by atoms with Crippen LogP contribution in [0.2, 0.25) is 5.02 Å². The summed E-state index contributed by atoms with van der Waals surface area (Å²) in [5.41, 5.74) is 2.62. The number of benzene rings is 1. The van der Waals surface area contributed by atoms with Crippen LogP contribution >= 0.6 is 11.6 Å². The van der Waals surface area contributed by atoms with Crippen molar-refractivity contribution in [1.29, 1.82) is 0 Å². The van der Waals surface area contributed by atoms with Gasteiger partial charge in [0.1, 0.15) is 0 Å². The van der Waals surface area contributed by atoms with Gasteiger partial charge >= 0.3 is 0 Å². The molecule has 1 amide bonds.